The van der Waals surface area contributed by atoms with E-state index in [2.05, 4.69) is 44.3 Å². The third-order valence-electron chi connectivity index (χ3n) is 4.07. The molecule has 1 N–H and O–H groups in total. The van der Waals surface area contributed by atoms with E-state index in [1.807, 2.05) is 44.2 Å². The minimum atomic E-state index is -0.117. The van der Waals surface area contributed by atoms with E-state index in [-0.39, 0.29) is 11.3 Å². The Morgan fingerprint density at radius 3 is 2.23 bits per heavy atom. The number of aryl methyl sites for hydroxylation is 2. The van der Waals surface area contributed by atoms with Crippen LogP contribution in [0.4, 0.5) is 0 Å². The molecule has 0 atom stereocenters. The van der Waals surface area contributed by atoms with Crippen LogP contribution in [0, 0.1) is 13.8 Å². The number of carbonyl (C=O) groups excluding carboxylic acids is 1. The number of rotatable bonds is 6. The first-order chi connectivity index (χ1) is 12.2. The summed E-state index contributed by atoms with van der Waals surface area (Å²) in [6.45, 7) is 11.6. The van der Waals surface area contributed by atoms with Crippen molar-refractivity contribution in [3.05, 3.63) is 70.8 Å². The second kappa shape index (κ2) is 8.70. The van der Waals surface area contributed by atoms with Crippen molar-refractivity contribution in [3.63, 3.8) is 0 Å². The molecule has 0 aromatic heterocycles. The largest absolute Gasteiger partial charge is 0.492 e. The predicted molar refractivity (Wildman–Crippen MR) is 109 cm³/mol. The molecule has 138 valence electrons. The van der Waals surface area contributed by atoms with Crippen LogP contribution in [-0.2, 0) is 10.2 Å². The highest BCUT2D eigenvalue weighted by Gasteiger charge is 2.12. The molecular weight excluding hydrogens is 322 g/mol. The summed E-state index contributed by atoms with van der Waals surface area (Å²) < 4.78 is 5.69. The van der Waals surface area contributed by atoms with E-state index < -0.39 is 0 Å². The van der Waals surface area contributed by atoms with Crippen molar-refractivity contribution < 1.29 is 9.53 Å². The van der Waals surface area contributed by atoms with Crippen LogP contribution in [-0.4, -0.2) is 19.1 Å². The van der Waals surface area contributed by atoms with Crippen LogP contribution in [0.5, 0.6) is 5.75 Å². The number of nitrogens with one attached hydrogen (secondary N) is 1. The fourth-order valence-electron chi connectivity index (χ4n) is 2.68. The van der Waals surface area contributed by atoms with E-state index in [0.717, 1.165) is 11.3 Å². The molecule has 0 bridgehead atoms. The normalized spacial score (nSPS) is 11.6. The van der Waals surface area contributed by atoms with Crippen LogP contribution in [0.25, 0.3) is 6.08 Å². The molecule has 0 radical (unpaired) electrons. The molecule has 2 aromatic rings. The maximum atomic E-state index is 11.9. The van der Waals surface area contributed by atoms with E-state index in [4.69, 9.17) is 4.74 Å². The van der Waals surface area contributed by atoms with Gasteiger partial charge in [0.2, 0.25) is 5.91 Å². The minimum absolute atomic E-state index is 0.117. The molecule has 2 aromatic carbocycles. The Morgan fingerprint density at radius 2 is 1.65 bits per heavy atom. The lowest BCUT2D eigenvalue weighted by molar-refractivity contribution is -0.116. The highest BCUT2D eigenvalue weighted by molar-refractivity contribution is 5.91. The van der Waals surface area contributed by atoms with E-state index in [9.17, 15) is 4.79 Å². The highest BCUT2D eigenvalue weighted by atomic mass is 16.5. The average Bonchev–Trinajstić information content (AvgIpc) is 2.55. The molecule has 3 heteroatoms. The molecule has 0 aliphatic heterocycles. The summed E-state index contributed by atoms with van der Waals surface area (Å²) in [4.78, 5) is 11.9. The standard InChI is InChI=1S/C23H29NO2/c1-17-14-18(2)16-21(15-17)26-13-12-24-22(25)11-8-19-6-9-20(10-7-19)23(3,4)5/h6-11,14-16H,12-13H2,1-5H3,(H,24,25)/b11-8+. The topological polar surface area (TPSA) is 38.3 Å². The number of ether oxygens (including phenoxy) is 1. The first-order valence-electron chi connectivity index (χ1n) is 9.01. The van der Waals surface area contributed by atoms with Crippen molar-refractivity contribution in [3.8, 4) is 5.75 Å². The molecule has 2 rings (SSSR count). The Hall–Kier alpha value is -2.55. The fourth-order valence-corrected chi connectivity index (χ4v) is 2.68. The van der Waals surface area contributed by atoms with Gasteiger partial charge >= 0.3 is 0 Å². The monoisotopic (exact) mass is 351 g/mol. The zero-order valence-corrected chi connectivity index (χ0v) is 16.4. The van der Waals surface area contributed by atoms with Gasteiger partial charge in [0.1, 0.15) is 12.4 Å². The van der Waals surface area contributed by atoms with Crippen molar-refractivity contribution in [2.45, 2.75) is 40.0 Å². The van der Waals surface area contributed by atoms with Gasteiger partial charge in [0.05, 0.1) is 6.54 Å². The van der Waals surface area contributed by atoms with Crippen LogP contribution in [0.1, 0.15) is 43.0 Å². The molecule has 0 unspecified atom stereocenters. The molecule has 26 heavy (non-hydrogen) atoms. The van der Waals surface area contributed by atoms with Gasteiger partial charge in [0, 0.05) is 6.08 Å². The van der Waals surface area contributed by atoms with Crippen molar-refractivity contribution >= 4 is 12.0 Å². The molecule has 1 amide bonds. The maximum Gasteiger partial charge on any atom is 0.244 e. The summed E-state index contributed by atoms with van der Waals surface area (Å²) in [5, 5.41) is 2.84. The Morgan fingerprint density at radius 1 is 1.04 bits per heavy atom. The summed E-state index contributed by atoms with van der Waals surface area (Å²) in [6, 6.07) is 14.4. The molecule has 0 fully saturated rings. The second-order valence-electron chi connectivity index (χ2n) is 7.67. The fraction of sp³-hybridized carbons (Fsp3) is 0.348. The zero-order chi connectivity index (χ0) is 19.2. The first-order valence-corrected chi connectivity index (χ1v) is 9.01. The summed E-state index contributed by atoms with van der Waals surface area (Å²) in [7, 11) is 0. The predicted octanol–water partition coefficient (Wildman–Crippen LogP) is 4.81. The maximum absolute atomic E-state index is 11.9. The lowest BCUT2D eigenvalue weighted by atomic mass is 9.87. The molecule has 0 heterocycles. The van der Waals surface area contributed by atoms with Crippen LogP contribution >= 0.6 is 0 Å². The van der Waals surface area contributed by atoms with Gasteiger partial charge in [-0.1, -0.05) is 51.1 Å². The van der Waals surface area contributed by atoms with E-state index in [1.165, 1.54) is 16.7 Å². The summed E-state index contributed by atoms with van der Waals surface area (Å²) >= 11 is 0. The third-order valence-corrected chi connectivity index (χ3v) is 4.07. The minimum Gasteiger partial charge on any atom is -0.492 e. The quantitative estimate of drug-likeness (QED) is 0.599. The smallest absolute Gasteiger partial charge is 0.244 e. The van der Waals surface area contributed by atoms with Crippen LogP contribution in [0.2, 0.25) is 0 Å². The Balaban J connectivity index is 1.77. The number of hydrogen-bond acceptors (Lipinski definition) is 2. The van der Waals surface area contributed by atoms with Gasteiger partial charge in [-0.3, -0.25) is 4.79 Å². The average molecular weight is 351 g/mol. The lowest BCUT2D eigenvalue weighted by Crippen LogP contribution is -2.26. The second-order valence-corrected chi connectivity index (χ2v) is 7.67. The summed E-state index contributed by atoms with van der Waals surface area (Å²) in [6.07, 6.45) is 3.38. The van der Waals surface area contributed by atoms with Gasteiger partial charge in [-0.2, -0.15) is 0 Å². The van der Waals surface area contributed by atoms with Gasteiger partial charge in [0.25, 0.3) is 0 Å². The van der Waals surface area contributed by atoms with E-state index in [1.54, 1.807) is 6.08 Å². The van der Waals surface area contributed by atoms with Gasteiger partial charge in [-0.15, -0.1) is 0 Å². The van der Waals surface area contributed by atoms with Gasteiger partial charge in [0.15, 0.2) is 0 Å². The number of amides is 1. The van der Waals surface area contributed by atoms with Crippen molar-refractivity contribution in [1.29, 1.82) is 0 Å². The summed E-state index contributed by atoms with van der Waals surface area (Å²) in [5.41, 5.74) is 4.77. The van der Waals surface area contributed by atoms with Crippen LogP contribution in [0.15, 0.2) is 48.5 Å². The van der Waals surface area contributed by atoms with Gasteiger partial charge in [-0.05, 0) is 59.7 Å². The van der Waals surface area contributed by atoms with Crippen molar-refractivity contribution in [2.24, 2.45) is 0 Å². The Bertz CT molecular complexity index is 748. The van der Waals surface area contributed by atoms with Gasteiger partial charge in [-0.25, -0.2) is 0 Å². The molecule has 0 aliphatic carbocycles. The van der Waals surface area contributed by atoms with E-state index >= 15 is 0 Å². The van der Waals surface area contributed by atoms with Crippen LogP contribution < -0.4 is 10.1 Å². The Kier molecular flexibility index (Phi) is 6.62. The number of hydrogen-bond donors (Lipinski definition) is 1. The molecule has 0 saturated heterocycles. The molecule has 0 saturated carbocycles. The van der Waals surface area contributed by atoms with Crippen LogP contribution in [0.3, 0.4) is 0 Å². The lowest BCUT2D eigenvalue weighted by Gasteiger charge is -2.18. The number of carbonyl (C=O) groups is 1. The molecule has 0 aliphatic rings. The number of benzene rings is 2. The molecule has 0 spiro atoms. The zero-order valence-electron chi connectivity index (χ0n) is 16.4. The van der Waals surface area contributed by atoms with E-state index in [0.29, 0.717) is 13.2 Å². The van der Waals surface area contributed by atoms with Crippen molar-refractivity contribution in [2.75, 3.05) is 13.2 Å². The highest BCUT2D eigenvalue weighted by Crippen LogP contribution is 2.22. The Labute approximate surface area is 157 Å². The molecular formula is C23H29NO2. The van der Waals surface area contributed by atoms with Gasteiger partial charge < -0.3 is 10.1 Å². The van der Waals surface area contributed by atoms with Crippen molar-refractivity contribution in [1.82, 2.24) is 5.32 Å². The summed E-state index contributed by atoms with van der Waals surface area (Å²) in [5.74, 6) is 0.722. The SMILES string of the molecule is Cc1cc(C)cc(OCCNC(=O)/C=C/c2ccc(C(C)(C)C)cc2)c1. The third kappa shape index (κ3) is 6.40. The molecule has 3 nitrogen and oxygen atoms in total. The first kappa shape index (κ1) is 19.8.